The summed E-state index contributed by atoms with van der Waals surface area (Å²) in [5, 5.41) is 0. The van der Waals surface area contributed by atoms with Crippen LogP contribution in [0.1, 0.15) is 13.8 Å². The van der Waals surface area contributed by atoms with Gasteiger partial charge in [0.05, 0.1) is 32.7 Å². The second-order valence-electron chi connectivity index (χ2n) is 4.71. The van der Waals surface area contributed by atoms with Crippen molar-refractivity contribution in [3.63, 3.8) is 0 Å². The molecule has 0 aromatic carbocycles. The zero-order valence-corrected chi connectivity index (χ0v) is 7.96. The first-order valence-corrected chi connectivity index (χ1v) is 4.13. The van der Waals surface area contributed by atoms with Gasteiger partial charge in [0, 0.05) is 0 Å². The molecule has 0 saturated carbocycles. The highest BCUT2D eigenvalue weighted by Gasteiger charge is 2.52. The molecule has 1 heterocycles. The largest absolute Gasteiger partial charge is 0.321 e. The zero-order valence-electron chi connectivity index (χ0n) is 7.96. The lowest BCUT2D eigenvalue weighted by Gasteiger charge is -2.39. The highest BCUT2D eigenvalue weighted by atomic mass is 15.4. The van der Waals surface area contributed by atoms with Gasteiger partial charge in [-0.15, -0.1) is 0 Å². The standard InChI is InChI=1S/C8H20N3/c1-8(2)7(10)6(9)5-11(8,3)4/h6-7H,5,9-10H2,1-4H3/q+1. The summed E-state index contributed by atoms with van der Waals surface area (Å²) in [6, 6.07) is 0.275. The molecule has 2 unspecified atom stereocenters. The first-order chi connectivity index (χ1) is 4.79. The van der Waals surface area contributed by atoms with Crippen molar-refractivity contribution in [2.45, 2.75) is 31.5 Å². The van der Waals surface area contributed by atoms with Crippen LogP contribution in [-0.4, -0.2) is 42.7 Å². The van der Waals surface area contributed by atoms with Crippen LogP contribution < -0.4 is 11.5 Å². The third-order valence-electron chi connectivity index (χ3n) is 3.50. The Kier molecular flexibility index (Phi) is 1.78. The normalized spacial score (nSPS) is 40.9. The Morgan fingerprint density at radius 1 is 1.27 bits per heavy atom. The fourth-order valence-corrected chi connectivity index (χ4v) is 1.80. The van der Waals surface area contributed by atoms with Gasteiger partial charge < -0.3 is 16.0 Å². The van der Waals surface area contributed by atoms with Crippen molar-refractivity contribution in [1.29, 1.82) is 0 Å². The number of hydrogen-bond acceptors (Lipinski definition) is 2. The molecule has 66 valence electrons. The van der Waals surface area contributed by atoms with Gasteiger partial charge in [0.2, 0.25) is 0 Å². The predicted octanol–water partition coefficient (Wildman–Crippen LogP) is -0.490. The molecule has 3 nitrogen and oxygen atoms in total. The first kappa shape index (κ1) is 8.97. The smallest absolute Gasteiger partial charge is 0.110 e. The van der Waals surface area contributed by atoms with E-state index in [-0.39, 0.29) is 17.6 Å². The van der Waals surface area contributed by atoms with Crippen LogP contribution in [0.4, 0.5) is 0 Å². The second kappa shape index (κ2) is 2.19. The monoisotopic (exact) mass is 158 g/mol. The maximum absolute atomic E-state index is 5.99. The fraction of sp³-hybridized carbons (Fsp3) is 1.00. The molecule has 3 heteroatoms. The van der Waals surface area contributed by atoms with E-state index in [0.29, 0.717) is 0 Å². The lowest BCUT2D eigenvalue weighted by Crippen LogP contribution is -2.58. The molecule has 0 amide bonds. The molecule has 0 spiro atoms. The molecule has 11 heavy (non-hydrogen) atoms. The van der Waals surface area contributed by atoms with Gasteiger partial charge in [-0.1, -0.05) is 0 Å². The molecule has 2 atom stereocenters. The number of nitrogens with zero attached hydrogens (tertiary/aromatic N) is 1. The predicted molar refractivity (Wildman–Crippen MR) is 47.0 cm³/mol. The average molecular weight is 158 g/mol. The summed E-state index contributed by atoms with van der Waals surface area (Å²) in [5.74, 6) is 0. The van der Waals surface area contributed by atoms with Gasteiger partial charge in [-0.05, 0) is 13.8 Å². The van der Waals surface area contributed by atoms with E-state index in [0.717, 1.165) is 11.0 Å². The maximum atomic E-state index is 5.99. The van der Waals surface area contributed by atoms with Gasteiger partial charge in [0.15, 0.2) is 0 Å². The number of hydrogen-bond donors (Lipinski definition) is 2. The van der Waals surface area contributed by atoms with E-state index in [4.69, 9.17) is 11.5 Å². The van der Waals surface area contributed by atoms with E-state index in [9.17, 15) is 0 Å². The Bertz CT molecular complexity index is 163. The van der Waals surface area contributed by atoms with E-state index in [1.807, 2.05) is 0 Å². The van der Waals surface area contributed by atoms with Gasteiger partial charge in [0.1, 0.15) is 5.54 Å². The van der Waals surface area contributed by atoms with Gasteiger partial charge in [0.25, 0.3) is 0 Å². The molecule has 0 aliphatic carbocycles. The number of likely N-dealkylation sites (tertiary alicyclic amines) is 1. The van der Waals surface area contributed by atoms with Crippen molar-refractivity contribution in [1.82, 2.24) is 0 Å². The summed E-state index contributed by atoms with van der Waals surface area (Å²) in [4.78, 5) is 0. The van der Waals surface area contributed by atoms with Crippen molar-refractivity contribution in [3.05, 3.63) is 0 Å². The van der Waals surface area contributed by atoms with Gasteiger partial charge in [-0.2, -0.15) is 0 Å². The summed E-state index contributed by atoms with van der Waals surface area (Å²) in [5.41, 5.74) is 12.0. The van der Waals surface area contributed by atoms with Crippen LogP contribution in [0.3, 0.4) is 0 Å². The molecule has 1 aliphatic heterocycles. The minimum absolute atomic E-state index is 0.111. The molecule has 0 aromatic heterocycles. The SMILES string of the molecule is CC1(C)C(N)C(N)C[N+]1(C)C. The van der Waals surface area contributed by atoms with Crippen LogP contribution >= 0.6 is 0 Å². The Balaban J connectivity index is 2.92. The average Bonchev–Trinajstić information content (AvgIpc) is 1.93. The molecular formula is C8H20N3+. The fourth-order valence-electron chi connectivity index (χ4n) is 1.80. The summed E-state index contributed by atoms with van der Waals surface area (Å²) in [6.45, 7) is 5.35. The maximum Gasteiger partial charge on any atom is 0.110 e. The Morgan fingerprint density at radius 3 is 1.82 bits per heavy atom. The van der Waals surface area contributed by atoms with E-state index < -0.39 is 0 Å². The van der Waals surface area contributed by atoms with Crippen LogP contribution in [0.2, 0.25) is 0 Å². The highest BCUT2D eigenvalue weighted by molar-refractivity contribution is 4.96. The molecule has 4 N–H and O–H groups in total. The molecule has 0 radical (unpaired) electrons. The minimum atomic E-state index is 0.111. The molecule has 1 saturated heterocycles. The summed E-state index contributed by atoms with van der Waals surface area (Å²) in [6.07, 6.45) is 0. The summed E-state index contributed by atoms with van der Waals surface area (Å²) in [7, 11) is 4.37. The van der Waals surface area contributed by atoms with Gasteiger partial charge >= 0.3 is 0 Å². The van der Waals surface area contributed by atoms with Crippen LogP contribution in [0, 0.1) is 0 Å². The molecule has 0 bridgehead atoms. The number of nitrogens with two attached hydrogens (primary N) is 2. The van der Waals surface area contributed by atoms with E-state index in [1.165, 1.54) is 0 Å². The number of quaternary nitrogens is 1. The third kappa shape index (κ3) is 1.08. The van der Waals surface area contributed by atoms with Crippen LogP contribution in [0.5, 0.6) is 0 Å². The Hall–Kier alpha value is -0.120. The molecule has 1 aliphatic rings. The van der Waals surface area contributed by atoms with E-state index in [2.05, 4.69) is 27.9 Å². The zero-order chi connectivity index (χ0) is 8.86. The van der Waals surface area contributed by atoms with E-state index >= 15 is 0 Å². The van der Waals surface area contributed by atoms with Crippen molar-refractivity contribution in [2.24, 2.45) is 11.5 Å². The first-order valence-electron chi connectivity index (χ1n) is 4.13. The molecule has 1 fully saturated rings. The number of likely N-dealkylation sites (N-methyl/N-ethyl adjacent to an activating group) is 1. The third-order valence-corrected chi connectivity index (χ3v) is 3.50. The van der Waals surface area contributed by atoms with Crippen LogP contribution in [0.25, 0.3) is 0 Å². The van der Waals surface area contributed by atoms with Crippen molar-refractivity contribution in [2.75, 3.05) is 20.6 Å². The van der Waals surface area contributed by atoms with Crippen LogP contribution in [0.15, 0.2) is 0 Å². The Labute approximate surface area is 68.9 Å². The van der Waals surface area contributed by atoms with Gasteiger partial charge in [-0.3, -0.25) is 0 Å². The lowest BCUT2D eigenvalue weighted by molar-refractivity contribution is -0.925. The minimum Gasteiger partial charge on any atom is -0.321 e. The van der Waals surface area contributed by atoms with Crippen molar-refractivity contribution >= 4 is 0 Å². The number of rotatable bonds is 0. The van der Waals surface area contributed by atoms with Crippen LogP contribution in [-0.2, 0) is 0 Å². The summed E-state index contributed by atoms with van der Waals surface area (Å²) < 4.78 is 0.926. The van der Waals surface area contributed by atoms with Crippen molar-refractivity contribution in [3.8, 4) is 0 Å². The van der Waals surface area contributed by atoms with Crippen molar-refractivity contribution < 1.29 is 4.48 Å². The molecule has 0 aromatic rings. The lowest BCUT2D eigenvalue weighted by atomic mass is 9.94. The van der Waals surface area contributed by atoms with Gasteiger partial charge in [-0.25, -0.2) is 0 Å². The Morgan fingerprint density at radius 2 is 1.73 bits per heavy atom. The highest BCUT2D eigenvalue weighted by Crippen LogP contribution is 2.31. The second-order valence-corrected chi connectivity index (χ2v) is 4.71. The quantitative estimate of drug-likeness (QED) is 0.467. The molecule has 1 rings (SSSR count). The molecular weight excluding hydrogens is 138 g/mol. The van der Waals surface area contributed by atoms with E-state index in [1.54, 1.807) is 0 Å². The summed E-state index contributed by atoms with van der Waals surface area (Å²) >= 11 is 0. The topological polar surface area (TPSA) is 52.0 Å².